The molecule has 0 spiro atoms. The number of nitrogens with one attached hydrogen (secondary N) is 1. The molecule has 0 unspecified atom stereocenters. The monoisotopic (exact) mass is 296 g/mol. The van der Waals surface area contributed by atoms with Crippen LogP contribution < -0.4 is 10.1 Å². The highest BCUT2D eigenvalue weighted by Crippen LogP contribution is 2.39. The van der Waals surface area contributed by atoms with E-state index in [9.17, 15) is 4.79 Å². The second-order valence-corrected chi connectivity index (χ2v) is 5.71. The SMILES string of the molecule is COc1cccc(CC(=O)NCc2cncc(C3CC3)c2)c1. The molecular formula is C18H20N2O2. The Morgan fingerprint density at radius 2 is 2.14 bits per heavy atom. The molecule has 0 bridgehead atoms. The maximum absolute atomic E-state index is 12.0. The molecule has 22 heavy (non-hydrogen) atoms. The Morgan fingerprint density at radius 1 is 1.27 bits per heavy atom. The van der Waals surface area contributed by atoms with Gasteiger partial charge in [-0.2, -0.15) is 0 Å². The summed E-state index contributed by atoms with van der Waals surface area (Å²) >= 11 is 0. The van der Waals surface area contributed by atoms with E-state index in [2.05, 4.69) is 16.4 Å². The van der Waals surface area contributed by atoms with Crippen LogP contribution in [0.15, 0.2) is 42.7 Å². The summed E-state index contributed by atoms with van der Waals surface area (Å²) in [6.45, 7) is 0.524. The number of carbonyl (C=O) groups excluding carboxylic acids is 1. The van der Waals surface area contributed by atoms with Crippen molar-refractivity contribution in [1.29, 1.82) is 0 Å². The molecular weight excluding hydrogens is 276 g/mol. The molecule has 0 atom stereocenters. The van der Waals surface area contributed by atoms with Crippen LogP contribution in [0.5, 0.6) is 5.75 Å². The van der Waals surface area contributed by atoms with E-state index in [0.29, 0.717) is 18.9 Å². The Bertz CT molecular complexity index is 666. The minimum Gasteiger partial charge on any atom is -0.497 e. The molecule has 1 fully saturated rings. The first kappa shape index (κ1) is 14.6. The van der Waals surface area contributed by atoms with Gasteiger partial charge in [0.15, 0.2) is 0 Å². The first-order valence-corrected chi connectivity index (χ1v) is 7.58. The van der Waals surface area contributed by atoms with E-state index in [1.54, 1.807) is 7.11 Å². The van der Waals surface area contributed by atoms with Crippen molar-refractivity contribution in [2.45, 2.75) is 31.7 Å². The van der Waals surface area contributed by atoms with E-state index in [0.717, 1.165) is 16.9 Å². The first-order valence-electron chi connectivity index (χ1n) is 7.58. The van der Waals surface area contributed by atoms with E-state index < -0.39 is 0 Å². The number of hydrogen-bond donors (Lipinski definition) is 1. The Morgan fingerprint density at radius 3 is 2.91 bits per heavy atom. The summed E-state index contributed by atoms with van der Waals surface area (Å²) in [5.41, 5.74) is 3.30. The summed E-state index contributed by atoms with van der Waals surface area (Å²) in [6, 6.07) is 9.73. The summed E-state index contributed by atoms with van der Waals surface area (Å²) in [5.74, 6) is 1.46. The minimum absolute atomic E-state index is 0.00470. The molecule has 1 aromatic heterocycles. The zero-order chi connectivity index (χ0) is 15.4. The van der Waals surface area contributed by atoms with Gasteiger partial charge in [0.25, 0.3) is 0 Å². The third kappa shape index (κ3) is 3.85. The maximum Gasteiger partial charge on any atom is 0.224 e. The smallest absolute Gasteiger partial charge is 0.224 e. The van der Waals surface area contributed by atoms with E-state index in [1.165, 1.54) is 18.4 Å². The van der Waals surface area contributed by atoms with Crippen LogP contribution in [-0.4, -0.2) is 18.0 Å². The molecule has 1 aliphatic carbocycles. The van der Waals surface area contributed by atoms with Crippen LogP contribution in [0.1, 0.15) is 35.4 Å². The van der Waals surface area contributed by atoms with Crippen LogP contribution in [0.2, 0.25) is 0 Å². The van der Waals surface area contributed by atoms with Crippen molar-refractivity contribution in [3.05, 3.63) is 59.4 Å². The van der Waals surface area contributed by atoms with Crippen molar-refractivity contribution in [1.82, 2.24) is 10.3 Å². The lowest BCUT2D eigenvalue weighted by molar-refractivity contribution is -0.120. The lowest BCUT2D eigenvalue weighted by atomic mass is 10.1. The van der Waals surface area contributed by atoms with Gasteiger partial charge >= 0.3 is 0 Å². The lowest BCUT2D eigenvalue weighted by Gasteiger charge is -2.07. The van der Waals surface area contributed by atoms with Gasteiger partial charge in [0.05, 0.1) is 13.5 Å². The zero-order valence-corrected chi connectivity index (χ0v) is 12.7. The fourth-order valence-electron chi connectivity index (χ4n) is 2.48. The molecule has 1 amide bonds. The van der Waals surface area contributed by atoms with Crippen LogP contribution in [0.4, 0.5) is 0 Å². The van der Waals surface area contributed by atoms with Gasteiger partial charge in [-0.15, -0.1) is 0 Å². The number of rotatable bonds is 6. The van der Waals surface area contributed by atoms with Gasteiger partial charge in [-0.1, -0.05) is 18.2 Å². The third-order valence-electron chi connectivity index (χ3n) is 3.85. The molecule has 1 aliphatic rings. The number of hydrogen-bond acceptors (Lipinski definition) is 3. The summed E-state index contributed by atoms with van der Waals surface area (Å²) in [6.07, 6.45) is 6.62. The summed E-state index contributed by atoms with van der Waals surface area (Å²) < 4.78 is 5.17. The molecule has 4 nitrogen and oxygen atoms in total. The molecule has 1 heterocycles. The molecule has 0 radical (unpaired) electrons. The Kier molecular flexibility index (Phi) is 4.37. The average molecular weight is 296 g/mol. The molecule has 114 valence electrons. The molecule has 1 N–H and O–H groups in total. The molecule has 0 saturated heterocycles. The summed E-state index contributed by atoms with van der Waals surface area (Å²) in [4.78, 5) is 16.3. The van der Waals surface area contributed by atoms with E-state index in [1.807, 2.05) is 36.7 Å². The van der Waals surface area contributed by atoms with Crippen LogP contribution >= 0.6 is 0 Å². The number of amides is 1. The minimum atomic E-state index is 0.00470. The van der Waals surface area contributed by atoms with E-state index in [-0.39, 0.29) is 5.91 Å². The molecule has 1 aromatic carbocycles. The van der Waals surface area contributed by atoms with Crippen LogP contribution in [-0.2, 0) is 17.8 Å². The highest BCUT2D eigenvalue weighted by atomic mass is 16.5. The van der Waals surface area contributed by atoms with Crippen molar-refractivity contribution in [3.63, 3.8) is 0 Å². The van der Waals surface area contributed by atoms with Crippen molar-refractivity contribution >= 4 is 5.91 Å². The topological polar surface area (TPSA) is 51.2 Å². The van der Waals surface area contributed by atoms with Gasteiger partial charge in [-0.25, -0.2) is 0 Å². The number of pyridine rings is 1. The third-order valence-corrected chi connectivity index (χ3v) is 3.85. The van der Waals surface area contributed by atoms with Gasteiger partial charge in [0.1, 0.15) is 5.75 Å². The van der Waals surface area contributed by atoms with Crippen molar-refractivity contribution in [2.24, 2.45) is 0 Å². The number of methoxy groups -OCH3 is 1. The lowest BCUT2D eigenvalue weighted by Crippen LogP contribution is -2.24. The van der Waals surface area contributed by atoms with Crippen LogP contribution in [0.25, 0.3) is 0 Å². The van der Waals surface area contributed by atoms with Gasteiger partial charge in [0.2, 0.25) is 5.91 Å². The van der Waals surface area contributed by atoms with E-state index >= 15 is 0 Å². The fourth-order valence-corrected chi connectivity index (χ4v) is 2.48. The maximum atomic E-state index is 12.0. The largest absolute Gasteiger partial charge is 0.497 e. The Balaban J connectivity index is 1.54. The fraction of sp³-hybridized carbons (Fsp3) is 0.333. The Labute approximate surface area is 130 Å². The van der Waals surface area contributed by atoms with Crippen LogP contribution in [0.3, 0.4) is 0 Å². The second-order valence-electron chi connectivity index (χ2n) is 5.71. The second kappa shape index (κ2) is 6.60. The van der Waals surface area contributed by atoms with Gasteiger partial charge in [-0.3, -0.25) is 9.78 Å². The molecule has 4 heteroatoms. The number of aromatic nitrogens is 1. The number of nitrogens with zero attached hydrogens (tertiary/aromatic N) is 1. The predicted octanol–water partition coefficient (Wildman–Crippen LogP) is 2.83. The standard InChI is InChI=1S/C18H20N2O2/c1-22-17-4-2-3-13(8-17)9-18(21)20-11-14-7-16(12-19-10-14)15-5-6-15/h2-4,7-8,10,12,15H,5-6,9,11H2,1H3,(H,20,21). The summed E-state index contributed by atoms with van der Waals surface area (Å²) in [7, 11) is 1.62. The van der Waals surface area contributed by atoms with Crippen molar-refractivity contribution in [3.8, 4) is 5.75 Å². The highest BCUT2D eigenvalue weighted by molar-refractivity contribution is 5.78. The van der Waals surface area contributed by atoms with Crippen molar-refractivity contribution < 1.29 is 9.53 Å². The number of ether oxygens (including phenoxy) is 1. The molecule has 1 saturated carbocycles. The van der Waals surface area contributed by atoms with Gasteiger partial charge in [-0.05, 0) is 47.6 Å². The number of benzene rings is 1. The van der Waals surface area contributed by atoms with Gasteiger partial charge in [0, 0.05) is 18.9 Å². The Hall–Kier alpha value is -2.36. The molecule has 2 aromatic rings. The first-order chi connectivity index (χ1) is 10.7. The van der Waals surface area contributed by atoms with E-state index in [4.69, 9.17) is 4.74 Å². The highest BCUT2D eigenvalue weighted by Gasteiger charge is 2.23. The van der Waals surface area contributed by atoms with Crippen LogP contribution in [0, 0.1) is 0 Å². The normalized spacial score (nSPS) is 13.7. The quantitative estimate of drug-likeness (QED) is 0.892. The average Bonchev–Trinajstić information content (AvgIpc) is 3.38. The molecule has 3 rings (SSSR count). The predicted molar refractivity (Wildman–Crippen MR) is 84.8 cm³/mol. The zero-order valence-electron chi connectivity index (χ0n) is 12.7. The molecule has 0 aliphatic heterocycles. The van der Waals surface area contributed by atoms with Crippen molar-refractivity contribution in [2.75, 3.05) is 7.11 Å². The summed E-state index contributed by atoms with van der Waals surface area (Å²) in [5, 5.41) is 2.95. The number of carbonyl (C=O) groups is 1. The van der Waals surface area contributed by atoms with Gasteiger partial charge < -0.3 is 10.1 Å².